The van der Waals surface area contributed by atoms with Crippen molar-refractivity contribution in [3.63, 3.8) is 0 Å². The molecule has 0 radical (unpaired) electrons. The molecule has 2 fully saturated rings. The van der Waals surface area contributed by atoms with Gasteiger partial charge in [-0.2, -0.15) is 0 Å². The van der Waals surface area contributed by atoms with Gasteiger partial charge in [0, 0.05) is 24.7 Å². The lowest BCUT2D eigenvalue weighted by atomic mass is 9.93. The zero-order valence-electron chi connectivity index (χ0n) is 22.4. The second-order valence-electron chi connectivity index (χ2n) is 10.8. The molecule has 0 bridgehead atoms. The van der Waals surface area contributed by atoms with Crippen LogP contribution in [0.25, 0.3) is 0 Å². The minimum absolute atomic E-state index is 0.108. The van der Waals surface area contributed by atoms with Crippen LogP contribution in [-0.2, 0) is 19.2 Å². The Morgan fingerprint density at radius 1 is 1.14 bits per heavy atom. The predicted molar refractivity (Wildman–Crippen MR) is 139 cm³/mol. The summed E-state index contributed by atoms with van der Waals surface area (Å²) in [7, 11) is 0. The Kier molecular flexibility index (Phi) is 8.60. The first kappa shape index (κ1) is 28.1. The van der Waals surface area contributed by atoms with Gasteiger partial charge in [-0.1, -0.05) is 27.2 Å². The highest BCUT2D eigenvalue weighted by atomic mass is 16.2. The second-order valence-corrected chi connectivity index (χ2v) is 10.8. The summed E-state index contributed by atoms with van der Waals surface area (Å²) in [6.07, 6.45) is 1.97. The van der Waals surface area contributed by atoms with Gasteiger partial charge < -0.3 is 26.2 Å². The number of nitrogen functional groups attached to an aromatic ring is 1. The van der Waals surface area contributed by atoms with E-state index in [1.807, 2.05) is 20.8 Å². The summed E-state index contributed by atoms with van der Waals surface area (Å²) in [5, 5.41) is 5.61. The fourth-order valence-electron chi connectivity index (χ4n) is 5.54. The first-order chi connectivity index (χ1) is 17.4. The molecule has 202 valence electrons. The SMILES string of the molecule is CCCC(C)(NC(C)=O)C(=O)N1CC(=O)C2C1CCN2C(=O)C(CC(C)C)NC(=O)c1ccc(N)cc1. The fourth-order valence-corrected chi connectivity index (χ4v) is 5.54. The van der Waals surface area contributed by atoms with E-state index in [1.165, 1.54) is 16.7 Å². The number of Topliss-reactive ketones (excluding diaryl/α,β-unsaturated/α-hetero) is 1. The number of carbonyl (C=O) groups is 5. The highest BCUT2D eigenvalue weighted by molar-refractivity contribution is 6.02. The van der Waals surface area contributed by atoms with Gasteiger partial charge in [0.2, 0.25) is 17.7 Å². The Balaban J connectivity index is 1.80. The van der Waals surface area contributed by atoms with Crippen molar-refractivity contribution in [2.24, 2.45) is 5.92 Å². The number of ketones is 1. The lowest BCUT2D eigenvalue weighted by molar-refractivity contribution is -0.142. The van der Waals surface area contributed by atoms with Gasteiger partial charge in [0.05, 0.1) is 12.6 Å². The number of hydrogen-bond acceptors (Lipinski definition) is 6. The van der Waals surface area contributed by atoms with Crippen LogP contribution in [0.1, 0.15) is 70.7 Å². The van der Waals surface area contributed by atoms with Crippen LogP contribution in [0.3, 0.4) is 0 Å². The summed E-state index contributed by atoms with van der Waals surface area (Å²) in [5.41, 5.74) is 5.51. The summed E-state index contributed by atoms with van der Waals surface area (Å²) >= 11 is 0. The number of nitrogens with zero attached hydrogens (tertiary/aromatic N) is 2. The molecule has 0 aliphatic carbocycles. The second kappa shape index (κ2) is 11.3. The molecular weight excluding hydrogens is 474 g/mol. The molecule has 0 aromatic heterocycles. The number of nitrogens with one attached hydrogen (secondary N) is 2. The molecule has 0 saturated carbocycles. The molecule has 4 amide bonds. The van der Waals surface area contributed by atoms with Crippen LogP contribution >= 0.6 is 0 Å². The number of nitrogens with two attached hydrogens (primary N) is 1. The minimum atomic E-state index is -1.12. The van der Waals surface area contributed by atoms with Gasteiger partial charge >= 0.3 is 0 Å². The normalized spacial score (nSPS) is 21.4. The van der Waals surface area contributed by atoms with E-state index in [4.69, 9.17) is 5.73 Å². The van der Waals surface area contributed by atoms with Crippen molar-refractivity contribution in [1.29, 1.82) is 0 Å². The van der Waals surface area contributed by atoms with Gasteiger partial charge in [-0.05, 0) is 56.4 Å². The molecule has 37 heavy (non-hydrogen) atoms. The van der Waals surface area contributed by atoms with Gasteiger partial charge in [0.1, 0.15) is 17.6 Å². The number of anilines is 1. The smallest absolute Gasteiger partial charge is 0.251 e. The number of amides is 4. The molecule has 2 aliphatic heterocycles. The third kappa shape index (κ3) is 6.11. The summed E-state index contributed by atoms with van der Waals surface area (Å²) in [6, 6.07) is 4.40. The predicted octanol–water partition coefficient (Wildman–Crippen LogP) is 1.49. The largest absolute Gasteiger partial charge is 0.399 e. The van der Waals surface area contributed by atoms with E-state index in [0.29, 0.717) is 43.5 Å². The van der Waals surface area contributed by atoms with Crippen LogP contribution in [0.2, 0.25) is 0 Å². The van der Waals surface area contributed by atoms with E-state index in [-0.39, 0.29) is 36.0 Å². The molecule has 1 aromatic rings. The van der Waals surface area contributed by atoms with Crippen LogP contribution in [0.4, 0.5) is 5.69 Å². The monoisotopic (exact) mass is 513 g/mol. The Labute approximate surface area is 218 Å². The van der Waals surface area contributed by atoms with Crippen molar-refractivity contribution in [1.82, 2.24) is 20.4 Å². The number of likely N-dealkylation sites (tertiary alicyclic amines) is 2. The Morgan fingerprint density at radius 3 is 2.35 bits per heavy atom. The van der Waals surface area contributed by atoms with Crippen molar-refractivity contribution in [2.75, 3.05) is 18.8 Å². The van der Waals surface area contributed by atoms with Gasteiger partial charge in [0.25, 0.3) is 5.91 Å². The molecule has 0 spiro atoms. The van der Waals surface area contributed by atoms with Crippen LogP contribution in [0, 0.1) is 5.92 Å². The first-order valence-electron chi connectivity index (χ1n) is 13.0. The van der Waals surface area contributed by atoms with E-state index >= 15 is 0 Å². The van der Waals surface area contributed by atoms with Crippen molar-refractivity contribution in [2.45, 2.75) is 84.0 Å². The summed E-state index contributed by atoms with van der Waals surface area (Å²) in [4.78, 5) is 68.1. The Bertz CT molecular complexity index is 1060. The summed E-state index contributed by atoms with van der Waals surface area (Å²) in [6.45, 7) is 9.09. The average molecular weight is 514 g/mol. The lowest BCUT2D eigenvalue weighted by Gasteiger charge is -2.35. The molecule has 2 heterocycles. The molecule has 2 saturated heterocycles. The maximum absolute atomic E-state index is 13.7. The molecule has 1 aromatic carbocycles. The molecule has 3 rings (SSSR count). The summed E-state index contributed by atoms with van der Waals surface area (Å²) in [5.74, 6) is -1.44. The lowest BCUT2D eigenvalue weighted by Crippen LogP contribution is -2.59. The van der Waals surface area contributed by atoms with E-state index in [9.17, 15) is 24.0 Å². The van der Waals surface area contributed by atoms with E-state index in [1.54, 1.807) is 31.2 Å². The number of rotatable bonds is 9. The average Bonchev–Trinajstić information content (AvgIpc) is 3.38. The molecular formula is C27H39N5O5. The van der Waals surface area contributed by atoms with Crippen LogP contribution in [-0.4, -0.2) is 76.0 Å². The third-order valence-corrected chi connectivity index (χ3v) is 7.12. The van der Waals surface area contributed by atoms with Crippen LogP contribution in [0.5, 0.6) is 0 Å². The zero-order valence-corrected chi connectivity index (χ0v) is 22.4. The molecule has 4 unspecified atom stereocenters. The standard InChI is InChI=1S/C27H39N5O5/c1-6-12-27(5,30-17(4)33)26(37)32-15-22(34)23-21(32)11-13-31(23)25(36)20(14-16(2)3)29-24(35)18-7-9-19(28)10-8-18/h7-10,16,20-21,23H,6,11-15,28H2,1-5H3,(H,29,35)(H,30,33). The topological polar surface area (TPSA) is 142 Å². The zero-order chi connectivity index (χ0) is 27.5. The third-order valence-electron chi connectivity index (χ3n) is 7.12. The van der Waals surface area contributed by atoms with Crippen molar-refractivity contribution in [3.05, 3.63) is 29.8 Å². The Hall–Kier alpha value is -3.43. The van der Waals surface area contributed by atoms with E-state index < -0.39 is 29.6 Å². The van der Waals surface area contributed by atoms with E-state index in [2.05, 4.69) is 10.6 Å². The van der Waals surface area contributed by atoms with E-state index in [0.717, 1.165) is 0 Å². The molecule has 4 N–H and O–H groups in total. The number of carbonyl (C=O) groups excluding carboxylic acids is 5. The van der Waals surface area contributed by atoms with Crippen molar-refractivity contribution < 1.29 is 24.0 Å². The highest BCUT2D eigenvalue weighted by Crippen LogP contribution is 2.33. The molecule has 10 heteroatoms. The van der Waals surface area contributed by atoms with Crippen molar-refractivity contribution in [3.8, 4) is 0 Å². The highest BCUT2D eigenvalue weighted by Gasteiger charge is 2.54. The number of hydrogen-bond donors (Lipinski definition) is 3. The number of benzene rings is 1. The van der Waals surface area contributed by atoms with Crippen molar-refractivity contribution >= 4 is 35.1 Å². The fraction of sp³-hybridized carbons (Fsp3) is 0.593. The van der Waals surface area contributed by atoms with Crippen LogP contribution < -0.4 is 16.4 Å². The molecule has 10 nitrogen and oxygen atoms in total. The van der Waals surface area contributed by atoms with Gasteiger partial charge in [0.15, 0.2) is 5.78 Å². The summed E-state index contributed by atoms with van der Waals surface area (Å²) < 4.78 is 0. The van der Waals surface area contributed by atoms with Gasteiger partial charge in [-0.25, -0.2) is 0 Å². The van der Waals surface area contributed by atoms with Crippen LogP contribution in [0.15, 0.2) is 24.3 Å². The minimum Gasteiger partial charge on any atom is -0.399 e. The number of fused-ring (bicyclic) bond motifs is 1. The maximum atomic E-state index is 13.7. The van der Waals surface area contributed by atoms with Gasteiger partial charge in [-0.15, -0.1) is 0 Å². The molecule has 4 atom stereocenters. The molecule has 2 aliphatic rings. The van der Waals surface area contributed by atoms with Gasteiger partial charge in [-0.3, -0.25) is 24.0 Å². The Morgan fingerprint density at radius 2 is 1.78 bits per heavy atom. The first-order valence-corrected chi connectivity index (χ1v) is 13.0. The maximum Gasteiger partial charge on any atom is 0.251 e. The quantitative estimate of drug-likeness (QED) is 0.427.